The Morgan fingerprint density at radius 2 is 1.89 bits per heavy atom. The average molecular weight is 241 g/mol. The van der Waals surface area contributed by atoms with Crippen molar-refractivity contribution >= 4 is 0 Å². The largest absolute Gasteiger partial charge is 0.489 e. The molecule has 90 valence electrons. The van der Waals surface area contributed by atoms with E-state index in [0.717, 1.165) is 11.1 Å². The number of nitrogens with zero attached hydrogens (tertiary/aromatic N) is 1. The Morgan fingerprint density at radius 3 is 2.50 bits per heavy atom. The summed E-state index contributed by atoms with van der Waals surface area (Å²) in [5, 5.41) is 8.82. The monoisotopic (exact) mass is 241 g/mol. The van der Waals surface area contributed by atoms with Crippen LogP contribution < -0.4 is 4.74 Å². The van der Waals surface area contributed by atoms with Crippen LogP contribution in [-0.4, -0.2) is 0 Å². The lowest BCUT2D eigenvalue weighted by atomic mass is 10.1. The molecule has 2 nitrogen and oxygen atoms in total. The van der Waals surface area contributed by atoms with Gasteiger partial charge in [0.1, 0.15) is 18.2 Å². The molecule has 0 aliphatic carbocycles. The summed E-state index contributed by atoms with van der Waals surface area (Å²) < 4.78 is 18.3. The zero-order valence-corrected chi connectivity index (χ0v) is 9.98. The molecule has 0 spiro atoms. The van der Waals surface area contributed by atoms with E-state index in [0.29, 0.717) is 17.9 Å². The van der Waals surface area contributed by atoms with Gasteiger partial charge in [-0.05, 0) is 48.4 Å². The molecule has 0 amide bonds. The second-order valence-electron chi connectivity index (χ2n) is 4.00. The van der Waals surface area contributed by atoms with Crippen molar-refractivity contribution in [3.63, 3.8) is 0 Å². The summed E-state index contributed by atoms with van der Waals surface area (Å²) in [5.74, 6) is 0.448. The van der Waals surface area contributed by atoms with Crippen LogP contribution in [0.15, 0.2) is 42.5 Å². The molecule has 0 aliphatic rings. The van der Waals surface area contributed by atoms with Gasteiger partial charge in [-0.3, -0.25) is 0 Å². The summed E-state index contributed by atoms with van der Waals surface area (Å²) >= 11 is 0. The van der Waals surface area contributed by atoms with Crippen LogP contribution in [0.4, 0.5) is 4.39 Å². The van der Waals surface area contributed by atoms with Crippen LogP contribution in [-0.2, 0) is 6.61 Å². The summed E-state index contributed by atoms with van der Waals surface area (Å²) in [4.78, 5) is 0. The highest BCUT2D eigenvalue weighted by molar-refractivity contribution is 5.41. The minimum atomic E-state index is -0.257. The Morgan fingerprint density at radius 1 is 1.17 bits per heavy atom. The Balaban J connectivity index is 2.04. The Hall–Kier alpha value is -2.34. The van der Waals surface area contributed by atoms with Crippen molar-refractivity contribution in [2.75, 3.05) is 0 Å². The molecule has 0 aromatic heterocycles. The maximum Gasteiger partial charge on any atom is 0.123 e. The van der Waals surface area contributed by atoms with Gasteiger partial charge in [-0.25, -0.2) is 4.39 Å². The van der Waals surface area contributed by atoms with E-state index in [-0.39, 0.29) is 5.82 Å². The van der Waals surface area contributed by atoms with Crippen LogP contribution in [0.25, 0.3) is 0 Å². The third-order valence-electron chi connectivity index (χ3n) is 2.64. The summed E-state index contributed by atoms with van der Waals surface area (Å²) in [6, 6.07) is 13.6. The number of rotatable bonds is 3. The first-order chi connectivity index (χ1) is 8.69. The molecule has 2 rings (SSSR count). The van der Waals surface area contributed by atoms with Crippen molar-refractivity contribution in [2.45, 2.75) is 13.5 Å². The normalized spacial score (nSPS) is 9.83. The lowest BCUT2D eigenvalue weighted by Gasteiger charge is -2.07. The Labute approximate surface area is 105 Å². The van der Waals surface area contributed by atoms with E-state index in [1.807, 2.05) is 13.0 Å². The molecule has 0 radical (unpaired) electrons. The number of hydrogen-bond acceptors (Lipinski definition) is 2. The highest BCUT2D eigenvalue weighted by Gasteiger charge is 2.01. The fraction of sp³-hybridized carbons (Fsp3) is 0.133. The molecular weight excluding hydrogens is 229 g/mol. The van der Waals surface area contributed by atoms with E-state index in [2.05, 4.69) is 6.07 Å². The van der Waals surface area contributed by atoms with Gasteiger partial charge in [-0.1, -0.05) is 12.1 Å². The molecule has 0 N–H and O–H groups in total. The van der Waals surface area contributed by atoms with Crippen LogP contribution in [0.2, 0.25) is 0 Å². The van der Waals surface area contributed by atoms with Crippen LogP contribution in [0.1, 0.15) is 16.7 Å². The molecule has 0 aliphatic heterocycles. The molecular formula is C15H12FNO. The van der Waals surface area contributed by atoms with Gasteiger partial charge < -0.3 is 4.74 Å². The third-order valence-corrected chi connectivity index (χ3v) is 2.64. The number of nitriles is 1. The SMILES string of the molecule is Cc1cc(OCc2ccc(F)cc2)ccc1C#N. The fourth-order valence-electron chi connectivity index (χ4n) is 1.60. The van der Waals surface area contributed by atoms with E-state index >= 15 is 0 Å². The van der Waals surface area contributed by atoms with Gasteiger partial charge in [0.05, 0.1) is 11.6 Å². The van der Waals surface area contributed by atoms with E-state index in [1.54, 1.807) is 24.3 Å². The van der Waals surface area contributed by atoms with Crippen molar-refractivity contribution < 1.29 is 9.13 Å². The Bertz CT molecular complexity index is 584. The predicted octanol–water partition coefficient (Wildman–Crippen LogP) is 3.58. The standard InChI is InChI=1S/C15H12FNO/c1-11-8-15(7-4-13(11)9-17)18-10-12-2-5-14(16)6-3-12/h2-8H,10H2,1H3. The molecule has 0 heterocycles. The summed E-state index contributed by atoms with van der Waals surface area (Å²) in [7, 11) is 0. The van der Waals surface area contributed by atoms with Crippen LogP contribution in [0, 0.1) is 24.1 Å². The maximum atomic E-state index is 12.7. The Kier molecular flexibility index (Phi) is 3.59. The molecule has 0 saturated heterocycles. The van der Waals surface area contributed by atoms with Crippen molar-refractivity contribution in [2.24, 2.45) is 0 Å². The quantitative estimate of drug-likeness (QED) is 0.822. The average Bonchev–Trinajstić information content (AvgIpc) is 2.38. The van der Waals surface area contributed by atoms with Crippen molar-refractivity contribution in [3.05, 3.63) is 65.0 Å². The summed E-state index contributed by atoms with van der Waals surface area (Å²) in [6.45, 7) is 2.24. The zero-order valence-electron chi connectivity index (χ0n) is 9.98. The summed E-state index contributed by atoms with van der Waals surface area (Å²) in [5.41, 5.74) is 2.43. The van der Waals surface area contributed by atoms with Crippen LogP contribution in [0.3, 0.4) is 0 Å². The molecule has 0 saturated carbocycles. The predicted molar refractivity (Wildman–Crippen MR) is 66.6 cm³/mol. The van der Waals surface area contributed by atoms with E-state index in [1.165, 1.54) is 12.1 Å². The lowest BCUT2D eigenvalue weighted by molar-refractivity contribution is 0.306. The number of halogens is 1. The van der Waals surface area contributed by atoms with Gasteiger partial charge in [-0.2, -0.15) is 5.26 Å². The van der Waals surface area contributed by atoms with Gasteiger partial charge in [0.25, 0.3) is 0 Å². The van der Waals surface area contributed by atoms with Gasteiger partial charge in [0.15, 0.2) is 0 Å². The van der Waals surface area contributed by atoms with Gasteiger partial charge >= 0.3 is 0 Å². The van der Waals surface area contributed by atoms with Crippen molar-refractivity contribution in [1.29, 1.82) is 5.26 Å². The number of aryl methyl sites for hydroxylation is 1. The molecule has 18 heavy (non-hydrogen) atoms. The topological polar surface area (TPSA) is 33.0 Å². The molecule has 0 atom stereocenters. The van der Waals surface area contributed by atoms with Crippen molar-refractivity contribution in [1.82, 2.24) is 0 Å². The zero-order chi connectivity index (χ0) is 13.0. The first-order valence-corrected chi connectivity index (χ1v) is 5.57. The highest BCUT2D eigenvalue weighted by atomic mass is 19.1. The van der Waals surface area contributed by atoms with Crippen molar-refractivity contribution in [3.8, 4) is 11.8 Å². The first-order valence-electron chi connectivity index (χ1n) is 5.57. The fourth-order valence-corrected chi connectivity index (χ4v) is 1.60. The number of benzene rings is 2. The van der Waals surface area contributed by atoms with E-state index in [9.17, 15) is 4.39 Å². The smallest absolute Gasteiger partial charge is 0.123 e. The number of hydrogen-bond donors (Lipinski definition) is 0. The molecule has 3 heteroatoms. The maximum absolute atomic E-state index is 12.7. The van der Waals surface area contributed by atoms with Gasteiger partial charge in [0, 0.05) is 0 Å². The van der Waals surface area contributed by atoms with Gasteiger partial charge in [-0.15, -0.1) is 0 Å². The lowest BCUT2D eigenvalue weighted by Crippen LogP contribution is -1.96. The molecule has 0 fully saturated rings. The molecule has 2 aromatic rings. The van der Waals surface area contributed by atoms with E-state index in [4.69, 9.17) is 10.00 Å². The highest BCUT2D eigenvalue weighted by Crippen LogP contribution is 2.18. The third kappa shape index (κ3) is 2.86. The second-order valence-corrected chi connectivity index (χ2v) is 4.00. The minimum absolute atomic E-state index is 0.257. The summed E-state index contributed by atoms with van der Waals surface area (Å²) in [6.07, 6.45) is 0. The molecule has 0 unspecified atom stereocenters. The van der Waals surface area contributed by atoms with Gasteiger partial charge in [0.2, 0.25) is 0 Å². The number of ether oxygens (including phenoxy) is 1. The molecule has 0 bridgehead atoms. The van der Waals surface area contributed by atoms with Crippen LogP contribution >= 0.6 is 0 Å². The van der Waals surface area contributed by atoms with Crippen LogP contribution in [0.5, 0.6) is 5.75 Å². The van der Waals surface area contributed by atoms with E-state index < -0.39 is 0 Å². The second kappa shape index (κ2) is 5.33. The molecule has 2 aromatic carbocycles. The minimum Gasteiger partial charge on any atom is -0.489 e. The first kappa shape index (κ1) is 12.1.